The minimum Gasteiger partial charge on any atom is -0.272 e. The maximum absolute atomic E-state index is 4.63. The van der Waals surface area contributed by atoms with E-state index in [2.05, 4.69) is 56.1 Å². The van der Waals surface area contributed by atoms with Gasteiger partial charge in [-0.05, 0) is 31.5 Å². The van der Waals surface area contributed by atoms with Crippen molar-refractivity contribution in [2.45, 2.75) is 46.6 Å². The summed E-state index contributed by atoms with van der Waals surface area (Å²) in [6, 6.07) is 4.29. The van der Waals surface area contributed by atoms with E-state index in [0.717, 1.165) is 23.5 Å². The van der Waals surface area contributed by atoms with Crippen LogP contribution in [0.2, 0.25) is 0 Å². The minimum absolute atomic E-state index is 0.0710. The number of hydrogen-bond donors (Lipinski definition) is 0. The van der Waals surface area contributed by atoms with Gasteiger partial charge in [-0.2, -0.15) is 5.10 Å². The zero-order valence-corrected chi connectivity index (χ0v) is 11.9. The van der Waals surface area contributed by atoms with Crippen LogP contribution in [0.4, 0.5) is 0 Å². The highest BCUT2D eigenvalue weighted by molar-refractivity contribution is 5.62. The molecule has 0 N–H and O–H groups in total. The van der Waals surface area contributed by atoms with E-state index < -0.39 is 0 Å². The second-order valence-corrected chi connectivity index (χ2v) is 5.72. The Balaban J connectivity index is 2.48. The molecule has 0 saturated carbocycles. The van der Waals surface area contributed by atoms with Gasteiger partial charge in [0.1, 0.15) is 0 Å². The first-order valence-corrected chi connectivity index (χ1v) is 6.42. The van der Waals surface area contributed by atoms with Gasteiger partial charge in [-0.3, -0.25) is 9.67 Å². The second-order valence-electron chi connectivity index (χ2n) is 5.72. The van der Waals surface area contributed by atoms with Gasteiger partial charge in [-0.1, -0.05) is 20.8 Å². The summed E-state index contributed by atoms with van der Waals surface area (Å²) < 4.78 is 1.95. The zero-order chi connectivity index (χ0) is 13.3. The van der Waals surface area contributed by atoms with Gasteiger partial charge in [0.25, 0.3) is 0 Å². The van der Waals surface area contributed by atoms with E-state index in [4.69, 9.17) is 0 Å². The fourth-order valence-electron chi connectivity index (χ4n) is 1.91. The third kappa shape index (κ3) is 2.61. The Labute approximate surface area is 109 Å². The maximum Gasteiger partial charge on any atom is 0.0568 e. The highest BCUT2D eigenvalue weighted by Crippen LogP contribution is 2.26. The predicted molar refractivity (Wildman–Crippen MR) is 74.6 cm³/mol. The monoisotopic (exact) mass is 243 g/mol. The first-order chi connectivity index (χ1) is 8.40. The standard InChI is InChI=1S/C15H21N3/c1-6-18-10-13(9-16-18)12-7-11(2)17-14(8-12)15(3,4)5/h7-10H,6H2,1-5H3. The van der Waals surface area contributed by atoms with Crippen molar-refractivity contribution >= 4 is 0 Å². The normalized spacial score (nSPS) is 11.8. The highest BCUT2D eigenvalue weighted by atomic mass is 15.3. The van der Waals surface area contributed by atoms with Gasteiger partial charge in [0.15, 0.2) is 0 Å². The van der Waals surface area contributed by atoms with Crippen LogP contribution >= 0.6 is 0 Å². The average Bonchev–Trinajstić information content (AvgIpc) is 2.75. The second kappa shape index (κ2) is 4.56. The molecule has 2 aromatic rings. The molecule has 0 aromatic carbocycles. The van der Waals surface area contributed by atoms with Crippen LogP contribution in [0.15, 0.2) is 24.5 Å². The van der Waals surface area contributed by atoms with E-state index in [1.807, 2.05) is 17.8 Å². The van der Waals surface area contributed by atoms with Crippen LogP contribution in [0.1, 0.15) is 39.1 Å². The van der Waals surface area contributed by atoms with Gasteiger partial charge in [0.2, 0.25) is 0 Å². The molecular formula is C15H21N3. The van der Waals surface area contributed by atoms with Gasteiger partial charge >= 0.3 is 0 Å². The van der Waals surface area contributed by atoms with Crippen molar-refractivity contribution in [3.05, 3.63) is 35.9 Å². The molecule has 0 bridgehead atoms. The Kier molecular flexibility index (Phi) is 3.24. The number of nitrogens with zero attached hydrogens (tertiary/aromatic N) is 3. The third-order valence-electron chi connectivity index (χ3n) is 3.01. The summed E-state index contributed by atoms with van der Waals surface area (Å²) >= 11 is 0. The van der Waals surface area contributed by atoms with Crippen molar-refractivity contribution in [1.82, 2.24) is 14.8 Å². The molecule has 18 heavy (non-hydrogen) atoms. The fraction of sp³-hybridized carbons (Fsp3) is 0.467. The molecule has 96 valence electrons. The SMILES string of the molecule is CCn1cc(-c2cc(C)nc(C(C)(C)C)c2)cn1. The largest absolute Gasteiger partial charge is 0.272 e. The Morgan fingerprint density at radius 3 is 2.44 bits per heavy atom. The van der Waals surface area contributed by atoms with Gasteiger partial charge in [-0.15, -0.1) is 0 Å². The van der Waals surface area contributed by atoms with E-state index in [1.165, 1.54) is 5.56 Å². The molecule has 0 radical (unpaired) electrons. The zero-order valence-electron chi connectivity index (χ0n) is 11.9. The Morgan fingerprint density at radius 2 is 1.89 bits per heavy atom. The van der Waals surface area contributed by atoms with E-state index in [1.54, 1.807) is 0 Å². The lowest BCUT2D eigenvalue weighted by Crippen LogP contribution is -2.14. The smallest absolute Gasteiger partial charge is 0.0568 e. The van der Waals surface area contributed by atoms with E-state index in [0.29, 0.717) is 0 Å². The number of hydrogen-bond acceptors (Lipinski definition) is 2. The van der Waals surface area contributed by atoms with Crippen LogP contribution in [0, 0.1) is 6.92 Å². The van der Waals surface area contributed by atoms with Crippen LogP contribution in [0.3, 0.4) is 0 Å². The summed E-state index contributed by atoms with van der Waals surface area (Å²) in [5.41, 5.74) is 4.62. The maximum atomic E-state index is 4.63. The van der Waals surface area contributed by atoms with Crippen molar-refractivity contribution in [2.24, 2.45) is 0 Å². The summed E-state index contributed by atoms with van der Waals surface area (Å²) in [6.07, 6.45) is 4.01. The van der Waals surface area contributed by atoms with Crippen LogP contribution < -0.4 is 0 Å². The third-order valence-corrected chi connectivity index (χ3v) is 3.01. The molecule has 0 aliphatic heterocycles. The predicted octanol–water partition coefficient (Wildman–Crippen LogP) is 3.57. The molecular weight excluding hydrogens is 222 g/mol. The summed E-state index contributed by atoms with van der Waals surface area (Å²) in [6.45, 7) is 11.6. The Morgan fingerprint density at radius 1 is 1.17 bits per heavy atom. The molecule has 2 aromatic heterocycles. The number of aromatic nitrogens is 3. The molecule has 0 aliphatic rings. The molecule has 0 spiro atoms. The molecule has 2 rings (SSSR count). The van der Waals surface area contributed by atoms with Gasteiger partial charge in [-0.25, -0.2) is 0 Å². The fourth-order valence-corrected chi connectivity index (χ4v) is 1.91. The van der Waals surface area contributed by atoms with Gasteiger partial charge in [0, 0.05) is 35.1 Å². The van der Waals surface area contributed by atoms with Crippen LogP contribution in [0.25, 0.3) is 11.1 Å². The van der Waals surface area contributed by atoms with Crippen LogP contribution in [-0.2, 0) is 12.0 Å². The van der Waals surface area contributed by atoms with Crippen molar-refractivity contribution in [2.75, 3.05) is 0 Å². The first-order valence-electron chi connectivity index (χ1n) is 6.42. The quantitative estimate of drug-likeness (QED) is 0.807. The van der Waals surface area contributed by atoms with Crippen molar-refractivity contribution < 1.29 is 0 Å². The Hall–Kier alpha value is -1.64. The molecule has 2 heterocycles. The topological polar surface area (TPSA) is 30.7 Å². The summed E-state index contributed by atoms with van der Waals surface area (Å²) in [5.74, 6) is 0. The summed E-state index contributed by atoms with van der Waals surface area (Å²) in [5, 5.41) is 4.33. The molecule has 3 nitrogen and oxygen atoms in total. The van der Waals surface area contributed by atoms with Crippen LogP contribution in [0.5, 0.6) is 0 Å². The molecule has 0 atom stereocenters. The lowest BCUT2D eigenvalue weighted by molar-refractivity contribution is 0.567. The lowest BCUT2D eigenvalue weighted by atomic mass is 9.90. The molecule has 3 heteroatoms. The van der Waals surface area contributed by atoms with E-state index in [9.17, 15) is 0 Å². The number of rotatable bonds is 2. The van der Waals surface area contributed by atoms with Gasteiger partial charge in [0.05, 0.1) is 6.20 Å². The van der Waals surface area contributed by atoms with Crippen LogP contribution in [-0.4, -0.2) is 14.8 Å². The average molecular weight is 243 g/mol. The first kappa shape index (κ1) is 12.8. The molecule has 0 fully saturated rings. The van der Waals surface area contributed by atoms with Crippen molar-refractivity contribution in [3.8, 4) is 11.1 Å². The van der Waals surface area contributed by atoms with Gasteiger partial charge < -0.3 is 0 Å². The lowest BCUT2D eigenvalue weighted by Gasteiger charge is -2.19. The number of aryl methyl sites for hydroxylation is 2. The molecule has 0 saturated heterocycles. The summed E-state index contributed by atoms with van der Waals surface area (Å²) in [4.78, 5) is 4.63. The summed E-state index contributed by atoms with van der Waals surface area (Å²) in [7, 11) is 0. The molecule has 0 unspecified atom stereocenters. The minimum atomic E-state index is 0.0710. The molecule has 0 amide bonds. The highest BCUT2D eigenvalue weighted by Gasteiger charge is 2.17. The number of pyridine rings is 1. The van der Waals surface area contributed by atoms with Crippen molar-refractivity contribution in [1.29, 1.82) is 0 Å². The molecule has 0 aliphatic carbocycles. The van der Waals surface area contributed by atoms with E-state index in [-0.39, 0.29) is 5.41 Å². The van der Waals surface area contributed by atoms with E-state index >= 15 is 0 Å². The Bertz CT molecular complexity index is 547. The van der Waals surface area contributed by atoms with Crippen molar-refractivity contribution in [3.63, 3.8) is 0 Å².